The second-order valence-electron chi connectivity index (χ2n) is 5.58. The van der Waals surface area contributed by atoms with Crippen molar-refractivity contribution in [1.29, 1.82) is 0 Å². The van der Waals surface area contributed by atoms with Gasteiger partial charge >= 0.3 is 6.09 Å². The molecule has 0 aromatic rings. The van der Waals surface area contributed by atoms with Crippen molar-refractivity contribution in [3.05, 3.63) is 36.6 Å². The Labute approximate surface area is 110 Å². The average molecular weight is 249 g/mol. The molecular weight excluding hydrogens is 226 g/mol. The average Bonchev–Trinajstić information content (AvgIpc) is 2.25. The summed E-state index contributed by atoms with van der Waals surface area (Å²) < 4.78 is 5.16. The molecule has 1 unspecified atom stereocenters. The molecule has 1 aliphatic carbocycles. The lowest BCUT2D eigenvalue weighted by molar-refractivity contribution is 0.0544. The highest BCUT2D eigenvalue weighted by atomic mass is 16.6. The maximum Gasteiger partial charge on any atom is 0.411 e. The molecule has 0 aromatic carbocycles. The molecule has 0 radical (unpaired) electrons. The Hall–Kier alpha value is -1.51. The van der Waals surface area contributed by atoms with Crippen molar-refractivity contribution in [3.63, 3.8) is 0 Å². The SMILES string of the molecule is C=C(CCC1C=CC=CC1)NC(=O)OC(C)(C)C. The minimum Gasteiger partial charge on any atom is -0.444 e. The summed E-state index contributed by atoms with van der Waals surface area (Å²) in [6, 6.07) is 0. The maximum absolute atomic E-state index is 11.5. The number of hydrogen-bond donors (Lipinski definition) is 1. The number of hydrogen-bond acceptors (Lipinski definition) is 2. The smallest absolute Gasteiger partial charge is 0.411 e. The Balaban J connectivity index is 2.23. The van der Waals surface area contributed by atoms with E-state index in [0.29, 0.717) is 11.6 Å². The zero-order valence-electron chi connectivity index (χ0n) is 11.5. The topological polar surface area (TPSA) is 38.3 Å². The molecule has 1 N–H and O–H groups in total. The van der Waals surface area contributed by atoms with Gasteiger partial charge in [0, 0.05) is 5.70 Å². The van der Waals surface area contributed by atoms with Crippen LogP contribution in [0.15, 0.2) is 36.6 Å². The van der Waals surface area contributed by atoms with Gasteiger partial charge in [0.15, 0.2) is 0 Å². The van der Waals surface area contributed by atoms with Crippen molar-refractivity contribution in [2.24, 2.45) is 5.92 Å². The van der Waals surface area contributed by atoms with Gasteiger partial charge in [0.2, 0.25) is 0 Å². The lowest BCUT2D eigenvalue weighted by Crippen LogP contribution is -2.31. The molecule has 1 amide bonds. The van der Waals surface area contributed by atoms with E-state index in [4.69, 9.17) is 4.74 Å². The molecule has 0 fully saturated rings. The van der Waals surface area contributed by atoms with Gasteiger partial charge in [-0.1, -0.05) is 30.9 Å². The Morgan fingerprint density at radius 3 is 2.72 bits per heavy atom. The fourth-order valence-electron chi connectivity index (χ4n) is 1.72. The summed E-state index contributed by atoms with van der Waals surface area (Å²) >= 11 is 0. The van der Waals surface area contributed by atoms with E-state index in [-0.39, 0.29) is 0 Å². The lowest BCUT2D eigenvalue weighted by atomic mass is 9.95. The van der Waals surface area contributed by atoms with Gasteiger partial charge in [0.05, 0.1) is 0 Å². The van der Waals surface area contributed by atoms with E-state index in [0.717, 1.165) is 19.3 Å². The fraction of sp³-hybridized carbons (Fsp3) is 0.533. The quantitative estimate of drug-likeness (QED) is 0.819. The van der Waals surface area contributed by atoms with Crippen molar-refractivity contribution in [1.82, 2.24) is 5.32 Å². The second-order valence-corrected chi connectivity index (χ2v) is 5.58. The van der Waals surface area contributed by atoms with Crippen LogP contribution < -0.4 is 5.32 Å². The van der Waals surface area contributed by atoms with Crippen LogP contribution in [0.3, 0.4) is 0 Å². The summed E-state index contributed by atoms with van der Waals surface area (Å²) in [5.74, 6) is 0.548. The van der Waals surface area contributed by atoms with Crippen LogP contribution in [0.1, 0.15) is 40.0 Å². The van der Waals surface area contributed by atoms with Gasteiger partial charge in [0.25, 0.3) is 0 Å². The highest BCUT2D eigenvalue weighted by molar-refractivity contribution is 5.69. The third-order valence-corrected chi connectivity index (χ3v) is 2.56. The van der Waals surface area contributed by atoms with E-state index < -0.39 is 11.7 Å². The standard InChI is InChI=1S/C15H23NO2/c1-12(16-14(17)18-15(2,3)4)10-11-13-8-6-5-7-9-13/h5-8,13H,1,9-11H2,2-4H3,(H,16,17). The van der Waals surface area contributed by atoms with Gasteiger partial charge in [-0.3, -0.25) is 5.32 Å². The minimum absolute atomic E-state index is 0.424. The Morgan fingerprint density at radius 2 is 2.17 bits per heavy atom. The number of rotatable bonds is 4. The van der Waals surface area contributed by atoms with E-state index in [9.17, 15) is 4.79 Å². The summed E-state index contributed by atoms with van der Waals surface area (Å²) in [7, 11) is 0. The maximum atomic E-state index is 11.5. The van der Waals surface area contributed by atoms with Crippen molar-refractivity contribution >= 4 is 6.09 Å². The number of amides is 1. The molecule has 100 valence electrons. The Morgan fingerprint density at radius 1 is 1.44 bits per heavy atom. The predicted octanol–water partition coefficient (Wildman–Crippen LogP) is 3.94. The first kappa shape index (κ1) is 14.6. The molecule has 0 aliphatic heterocycles. The zero-order valence-corrected chi connectivity index (χ0v) is 11.5. The van der Waals surface area contributed by atoms with Crippen LogP contribution in [-0.2, 0) is 4.74 Å². The van der Waals surface area contributed by atoms with Crippen LogP contribution in [0.4, 0.5) is 4.79 Å². The van der Waals surface area contributed by atoms with Gasteiger partial charge < -0.3 is 4.74 Å². The minimum atomic E-state index is -0.471. The molecule has 0 aromatic heterocycles. The number of alkyl carbamates (subject to hydrolysis) is 1. The van der Waals surface area contributed by atoms with Crippen molar-refractivity contribution in [2.45, 2.75) is 45.6 Å². The van der Waals surface area contributed by atoms with Crippen LogP contribution in [-0.4, -0.2) is 11.7 Å². The highest BCUT2D eigenvalue weighted by Gasteiger charge is 2.16. The van der Waals surface area contributed by atoms with Crippen molar-refractivity contribution in [2.75, 3.05) is 0 Å². The zero-order chi connectivity index (χ0) is 13.6. The molecule has 0 heterocycles. The Kier molecular flexibility index (Phi) is 5.20. The van der Waals surface area contributed by atoms with Crippen LogP contribution in [0.2, 0.25) is 0 Å². The molecule has 0 saturated carbocycles. The molecule has 1 atom stereocenters. The second kappa shape index (κ2) is 6.43. The van der Waals surface area contributed by atoms with Crippen LogP contribution in [0.25, 0.3) is 0 Å². The molecule has 1 aliphatic rings. The summed E-state index contributed by atoms with van der Waals surface area (Å²) in [5.41, 5.74) is 0.244. The van der Waals surface area contributed by atoms with Crippen molar-refractivity contribution < 1.29 is 9.53 Å². The van der Waals surface area contributed by atoms with Gasteiger partial charge in [-0.2, -0.15) is 0 Å². The largest absolute Gasteiger partial charge is 0.444 e. The summed E-state index contributed by atoms with van der Waals surface area (Å²) in [4.78, 5) is 11.5. The molecule has 0 saturated heterocycles. The lowest BCUT2D eigenvalue weighted by Gasteiger charge is -2.20. The van der Waals surface area contributed by atoms with E-state index in [1.807, 2.05) is 20.8 Å². The third-order valence-electron chi connectivity index (χ3n) is 2.56. The molecular formula is C15H23NO2. The van der Waals surface area contributed by atoms with Crippen molar-refractivity contribution in [3.8, 4) is 0 Å². The van der Waals surface area contributed by atoms with Gasteiger partial charge in [0.1, 0.15) is 5.60 Å². The molecule has 0 spiro atoms. The van der Waals surface area contributed by atoms with Crippen LogP contribution in [0.5, 0.6) is 0 Å². The monoisotopic (exact) mass is 249 g/mol. The van der Waals surface area contributed by atoms with E-state index in [1.165, 1.54) is 0 Å². The number of nitrogens with one attached hydrogen (secondary N) is 1. The number of carbonyl (C=O) groups is 1. The number of ether oxygens (including phenoxy) is 1. The fourth-order valence-corrected chi connectivity index (χ4v) is 1.72. The first-order chi connectivity index (χ1) is 8.37. The first-order valence-corrected chi connectivity index (χ1v) is 6.38. The highest BCUT2D eigenvalue weighted by Crippen LogP contribution is 2.19. The third kappa shape index (κ3) is 6.28. The van der Waals surface area contributed by atoms with E-state index in [1.54, 1.807) is 0 Å². The molecule has 18 heavy (non-hydrogen) atoms. The normalized spacial score (nSPS) is 18.5. The molecule has 3 nitrogen and oxygen atoms in total. The summed E-state index contributed by atoms with van der Waals surface area (Å²) in [6.07, 6.45) is 10.9. The first-order valence-electron chi connectivity index (χ1n) is 6.38. The Bertz CT molecular complexity index is 361. The van der Waals surface area contributed by atoms with E-state index >= 15 is 0 Å². The summed E-state index contributed by atoms with van der Waals surface area (Å²) in [5, 5.41) is 2.68. The van der Waals surface area contributed by atoms with E-state index in [2.05, 4.69) is 36.2 Å². The van der Waals surface area contributed by atoms with Crippen LogP contribution >= 0.6 is 0 Å². The van der Waals surface area contributed by atoms with Crippen LogP contribution in [0, 0.1) is 5.92 Å². The molecule has 3 heteroatoms. The van der Waals surface area contributed by atoms with Gasteiger partial charge in [-0.25, -0.2) is 4.79 Å². The predicted molar refractivity (Wildman–Crippen MR) is 74.1 cm³/mol. The molecule has 1 rings (SSSR count). The number of carbonyl (C=O) groups excluding carboxylic acids is 1. The number of allylic oxidation sites excluding steroid dienone is 5. The van der Waals surface area contributed by atoms with Gasteiger partial charge in [-0.15, -0.1) is 0 Å². The molecule has 0 bridgehead atoms. The summed E-state index contributed by atoms with van der Waals surface area (Å²) in [6.45, 7) is 9.38. The van der Waals surface area contributed by atoms with Gasteiger partial charge in [-0.05, 0) is 46.0 Å².